The topological polar surface area (TPSA) is 93.2 Å². The Labute approximate surface area is 160 Å². The molecule has 2 rings (SSSR count). The molecule has 138 valence electrons. The molecule has 0 aliphatic heterocycles. The van der Waals surface area contributed by atoms with Gasteiger partial charge < -0.3 is 15.4 Å². The van der Waals surface area contributed by atoms with Crippen molar-refractivity contribution in [3.8, 4) is 5.75 Å². The van der Waals surface area contributed by atoms with Crippen molar-refractivity contribution in [3.63, 3.8) is 0 Å². The van der Waals surface area contributed by atoms with Crippen LogP contribution in [0.2, 0.25) is 5.02 Å². The summed E-state index contributed by atoms with van der Waals surface area (Å²) in [5, 5.41) is 6.00. The number of anilines is 1. The number of hydrogen-bond donors (Lipinski definition) is 2. The summed E-state index contributed by atoms with van der Waals surface area (Å²) in [6, 6.07) is 7.07. The number of benzene rings is 1. The van der Waals surface area contributed by atoms with Crippen molar-refractivity contribution in [2.75, 3.05) is 24.7 Å². The molecule has 0 atom stereocenters. The molecule has 0 aliphatic rings. The molecule has 26 heavy (non-hydrogen) atoms. The molecule has 2 aromatic rings. The second-order valence-corrected chi connectivity index (χ2v) is 6.25. The third-order valence-corrected chi connectivity index (χ3v) is 4.04. The van der Waals surface area contributed by atoms with Gasteiger partial charge in [-0.3, -0.25) is 9.59 Å². The maximum atomic E-state index is 12.1. The summed E-state index contributed by atoms with van der Waals surface area (Å²) in [4.78, 5) is 32.1. The Hall–Kier alpha value is -2.32. The van der Waals surface area contributed by atoms with E-state index in [4.69, 9.17) is 16.3 Å². The summed E-state index contributed by atoms with van der Waals surface area (Å²) in [5.41, 5.74) is 0.756. The van der Waals surface area contributed by atoms with Crippen LogP contribution in [0.25, 0.3) is 0 Å². The lowest BCUT2D eigenvalue weighted by molar-refractivity contribution is -0.116. The first-order chi connectivity index (χ1) is 12.5. The number of amides is 2. The van der Waals surface area contributed by atoms with Crippen LogP contribution in [0.15, 0.2) is 35.6 Å². The number of carbonyl (C=O) groups excluding carboxylic acids is 2. The van der Waals surface area contributed by atoms with Crippen molar-refractivity contribution in [1.29, 1.82) is 0 Å². The molecule has 2 amide bonds. The fourth-order valence-corrected chi connectivity index (χ4v) is 2.52. The summed E-state index contributed by atoms with van der Waals surface area (Å²) in [6.45, 7) is 2.65. The predicted octanol–water partition coefficient (Wildman–Crippen LogP) is 3.01. The minimum atomic E-state index is -0.443. The Morgan fingerprint density at radius 3 is 2.65 bits per heavy atom. The molecule has 0 saturated heterocycles. The third kappa shape index (κ3) is 5.89. The van der Waals surface area contributed by atoms with Gasteiger partial charge in [0.15, 0.2) is 10.9 Å². The maximum Gasteiger partial charge on any atom is 0.271 e. The summed E-state index contributed by atoms with van der Waals surface area (Å²) >= 11 is 7.26. The number of carbonyl (C=O) groups is 2. The Balaban J connectivity index is 1.81. The largest absolute Gasteiger partial charge is 0.494 e. The molecule has 2 N–H and O–H groups in total. The molecular weight excluding hydrogens is 376 g/mol. The number of aromatic nitrogens is 2. The van der Waals surface area contributed by atoms with Gasteiger partial charge in [0, 0.05) is 18.7 Å². The second-order valence-electron chi connectivity index (χ2n) is 5.06. The lowest BCUT2D eigenvalue weighted by Crippen LogP contribution is -2.28. The van der Waals surface area contributed by atoms with Gasteiger partial charge in [-0.15, -0.1) is 0 Å². The van der Waals surface area contributed by atoms with Gasteiger partial charge in [0.1, 0.15) is 5.75 Å². The Bertz CT molecular complexity index is 771. The van der Waals surface area contributed by atoms with Crippen LogP contribution in [-0.2, 0) is 4.79 Å². The van der Waals surface area contributed by atoms with E-state index in [1.807, 2.05) is 6.92 Å². The van der Waals surface area contributed by atoms with Crippen LogP contribution in [0, 0.1) is 0 Å². The van der Waals surface area contributed by atoms with Crippen molar-refractivity contribution in [2.24, 2.45) is 0 Å². The van der Waals surface area contributed by atoms with Gasteiger partial charge in [0.25, 0.3) is 5.91 Å². The molecule has 0 fully saturated rings. The highest BCUT2D eigenvalue weighted by atomic mass is 35.5. The SMILES string of the molecule is CCOc1ccc(NC(=O)CCNC(=O)c2nc(SC)ncc2Cl)cc1. The van der Waals surface area contributed by atoms with Crippen LogP contribution >= 0.6 is 23.4 Å². The van der Waals surface area contributed by atoms with E-state index in [9.17, 15) is 9.59 Å². The van der Waals surface area contributed by atoms with Crippen LogP contribution < -0.4 is 15.4 Å². The zero-order valence-corrected chi connectivity index (χ0v) is 16.0. The lowest BCUT2D eigenvalue weighted by atomic mass is 10.3. The highest BCUT2D eigenvalue weighted by molar-refractivity contribution is 7.98. The summed E-state index contributed by atoms with van der Waals surface area (Å²) in [5.74, 6) is 0.0821. The van der Waals surface area contributed by atoms with Crippen molar-refractivity contribution < 1.29 is 14.3 Å². The quantitative estimate of drug-likeness (QED) is 0.528. The minimum Gasteiger partial charge on any atom is -0.494 e. The predicted molar refractivity (Wildman–Crippen MR) is 102 cm³/mol. The molecule has 9 heteroatoms. The van der Waals surface area contributed by atoms with E-state index in [0.29, 0.717) is 17.5 Å². The number of halogens is 1. The van der Waals surface area contributed by atoms with E-state index in [1.54, 1.807) is 30.5 Å². The van der Waals surface area contributed by atoms with E-state index < -0.39 is 5.91 Å². The highest BCUT2D eigenvalue weighted by Gasteiger charge is 2.14. The van der Waals surface area contributed by atoms with Gasteiger partial charge in [0.05, 0.1) is 17.8 Å². The standard InChI is InChI=1S/C17H19ClN4O3S/c1-3-25-12-6-4-11(5-7-12)21-14(23)8-9-19-16(24)15-13(18)10-20-17(22-15)26-2/h4-7,10H,3,8-9H2,1-2H3,(H,19,24)(H,21,23). The first-order valence-electron chi connectivity index (χ1n) is 7.91. The normalized spacial score (nSPS) is 10.3. The number of nitrogens with one attached hydrogen (secondary N) is 2. The van der Waals surface area contributed by atoms with Crippen LogP contribution in [0.1, 0.15) is 23.8 Å². The van der Waals surface area contributed by atoms with E-state index in [2.05, 4.69) is 20.6 Å². The molecule has 1 aromatic heterocycles. The molecule has 0 spiro atoms. The number of nitrogens with zero attached hydrogens (tertiary/aromatic N) is 2. The second kappa shape index (κ2) is 9.98. The van der Waals surface area contributed by atoms with Crippen LogP contribution in [0.4, 0.5) is 5.69 Å². The molecule has 1 heterocycles. The Morgan fingerprint density at radius 2 is 2.00 bits per heavy atom. The average Bonchev–Trinajstić information content (AvgIpc) is 2.64. The van der Waals surface area contributed by atoms with Gasteiger partial charge in [-0.05, 0) is 37.4 Å². The van der Waals surface area contributed by atoms with Gasteiger partial charge in [-0.2, -0.15) is 0 Å². The molecule has 0 saturated carbocycles. The van der Waals surface area contributed by atoms with Crippen molar-refractivity contribution >= 4 is 40.9 Å². The number of thioether (sulfide) groups is 1. The third-order valence-electron chi connectivity index (χ3n) is 3.21. The first kappa shape index (κ1) is 20.0. The number of rotatable bonds is 8. The summed E-state index contributed by atoms with van der Waals surface area (Å²) in [7, 11) is 0. The number of ether oxygens (including phenoxy) is 1. The molecule has 0 aliphatic carbocycles. The summed E-state index contributed by atoms with van der Waals surface area (Å²) < 4.78 is 5.34. The van der Waals surface area contributed by atoms with Crippen LogP contribution in [-0.4, -0.2) is 41.2 Å². The van der Waals surface area contributed by atoms with Crippen LogP contribution in [0.5, 0.6) is 5.75 Å². The smallest absolute Gasteiger partial charge is 0.271 e. The lowest BCUT2D eigenvalue weighted by Gasteiger charge is -2.08. The van der Waals surface area contributed by atoms with Gasteiger partial charge in [-0.25, -0.2) is 9.97 Å². The molecule has 0 unspecified atom stereocenters. The van der Waals surface area contributed by atoms with Gasteiger partial charge in [0.2, 0.25) is 5.91 Å². The molecular formula is C17H19ClN4O3S. The van der Waals surface area contributed by atoms with Crippen molar-refractivity contribution in [2.45, 2.75) is 18.5 Å². The average molecular weight is 395 g/mol. The van der Waals surface area contributed by atoms with E-state index in [-0.39, 0.29) is 29.6 Å². The maximum absolute atomic E-state index is 12.1. The monoisotopic (exact) mass is 394 g/mol. The fourth-order valence-electron chi connectivity index (χ4n) is 2.01. The Kier molecular flexibility index (Phi) is 7.68. The van der Waals surface area contributed by atoms with Gasteiger partial charge in [-0.1, -0.05) is 23.4 Å². The fraction of sp³-hybridized carbons (Fsp3) is 0.294. The zero-order valence-electron chi connectivity index (χ0n) is 14.4. The first-order valence-corrected chi connectivity index (χ1v) is 9.51. The number of hydrogen-bond acceptors (Lipinski definition) is 6. The molecule has 7 nitrogen and oxygen atoms in total. The van der Waals surface area contributed by atoms with E-state index in [1.165, 1.54) is 18.0 Å². The van der Waals surface area contributed by atoms with E-state index >= 15 is 0 Å². The summed E-state index contributed by atoms with van der Waals surface area (Å²) in [6.07, 6.45) is 3.31. The van der Waals surface area contributed by atoms with Gasteiger partial charge >= 0.3 is 0 Å². The van der Waals surface area contributed by atoms with E-state index in [0.717, 1.165) is 5.75 Å². The van der Waals surface area contributed by atoms with Crippen LogP contribution in [0.3, 0.4) is 0 Å². The highest BCUT2D eigenvalue weighted by Crippen LogP contribution is 2.17. The van der Waals surface area contributed by atoms with Crippen molar-refractivity contribution in [1.82, 2.24) is 15.3 Å². The minimum absolute atomic E-state index is 0.0953. The molecule has 0 bridgehead atoms. The molecule has 0 radical (unpaired) electrons. The van der Waals surface area contributed by atoms with Crippen molar-refractivity contribution in [3.05, 3.63) is 41.2 Å². The molecule has 1 aromatic carbocycles. The zero-order chi connectivity index (χ0) is 18.9. The Morgan fingerprint density at radius 1 is 1.27 bits per heavy atom.